The Morgan fingerprint density at radius 2 is 1.57 bits per heavy atom. The van der Waals surface area contributed by atoms with Crippen LogP contribution in [0, 0.1) is 18.6 Å². The predicted octanol–water partition coefficient (Wildman–Crippen LogP) is 3.37. The van der Waals surface area contributed by atoms with Crippen molar-refractivity contribution in [2.75, 3.05) is 14.2 Å². The molecule has 2 aromatic rings. The molecule has 2 aromatic carbocycles. The highest BCUT2D eigenvalue weighted by molar-refractivity contribution is 5.49. The first kappa shape index (κ1) is 15.3. The van der Waals surface area contributed by atoms with E-state index >= 15 is 0 Å². The maximum atomic E-state index is 13.3. The highest BCUT2D eigenvalue weighted by atomic mass is 19.2. The van der Waals surface area contributed by atoms with Crippen LogP contribution in [0.15, 0.2) is 30.3 Å². The third kappa shape index (κ3) is 2.97. The summed E-state index contributed by atoms with van der Waals surface area (Å²) < 4.78 is 36.6. The Kier molecular flexibility index (Phi) is 4.43. The Balaban J connectivity index is 2.47. The molecule has 0 saturated heterocycles. The minimum absolute atomic E-state index is 0.268. The number of benzene rings is 2. The van der Waals surface area contributed by atoms with E-state index in [1.54, 1.807) is 19.1 Å². The molecule has 5 heteroatoms. The number of rotatable bonds is 4. The minimum atomic E-state index is -1.08. The molecule has 1 unspecified atom stereocenters. The van der Waals surface area contributed by atoms with Crippen LogP contribution in [0.1, 0.15) is 22.8 Å². The van der Waals surface area contributed by atoms with E-state index in [9.17, 15) is 13.9 Å². The standard InChI is InChI=1S/C16H16F2O3/c1-9-6-14(20-2)15(21-3)8-11(9)16(19)10-4-5-12(17)13(18)7-10/h4-8,16,19H,1-3H3. The van der Waals surface area contributed by atoms with Crippen LogP contribution in [0.2, 0.25) is 0 Å². The van der Waals surface area contributed by atoms with E-state index in [2.05, 4.69) is 0 Å². The van der Waals surface area contributed by atoms with Crippen LogP contribution < -0.4 is 9.47 Å². The first-order valence-electron chi connectivity index (χ1n) is 6.33. The molecular formula is C16H16F2O3. The molecular weight excluding hydrogens is 278 g/mol. The SMILES string of the molecule is COc1cc(C)c(C(O)c2ccc(F)c(F)c2)cc1OC. The molecule has 3 nitrogen and oxygen atoms in total. The van der Waals surface area contributed by atoms with Crippen LogP contribution in [0.4, 0.5) is 8.78 Å². The molecule has 0 aliphatic rings. The summed E-state index contributed by atoms with van der Waals surface area (Å²) in [6.07, 6.45) is -1.08. The molecule has 0 spiro atoms. The second-order valence-electron chi connectivity index (χ2n) is 4.64. The van der Waals surface area contributed by atoms with Gasteiger partial charge in [0.05, 0.1) is 14.2 Å². The summed E-state index contributed by atoms with van der Waals surface area (Å²) >= 11 is 0. The summed E-state index contributed by atoms with van der Waals surface area (Å²) in [5.41, 5.74) is 1.56. The molecule has 112 valence electrons. The smallest absolute Gasteiger partial charge is 0.161 e. The Labute approximate surface area is 121 Å². The van der Waals surface area contributed by atoms with Crippen LogP contribution in [0.25, 0.3) is 0 Å². The fraction of sp³-hybridized carbons (Fsp3) is 0.250. The van der Waals surface area contributed by atoms with Crippen LogP contribution in [0.5, 0.6) is 11.5 Å². The molecule has 0 fully saturated rings. The summed E-state index contributed by atoms with van der Waals surface area (Å²) in [4.78, 5) is 0. The number of halogens is 2. The fourth-order valence-electron chi connectivity index (χ4n) is 2.15. The van der Waals surface area contributed by atoms with E-state index in [0.717, 1.165) is 17.7 Å². The summed E-state index contributed by atoms with van der Waals surface area (Å²) in [6, 6.07) is 6.66. The molecule has 0 aliphatic heterocycles. The fourth-order valence-corrected chi connectivity index (χ4v) is 2.15. The van der Waals surface area contributed by atoms with Crippen LogP contribution in [0.3, 0.4) is 0 Å². The topological polar surface area (TPSA) is 38.7 Å². The van der Waals surface area contributed by atoms with Crippen LogP contribution in [-0.4, -0.2) is 19.3 Å². The molecule has 0 aliphatic carbocycles. The zero-order chi connectivity index (χ0) is 15.6. The third-order valence-electron chi connectivity index (χ3n) is 3.33. The minimum Gasteiger partial charge on any atom is -0.493 e. The monoisotopic (exact) mass is 294 g/mol. The molecule has 0 heterocycles. The third-order valence-corrected chi connectivity index (χ3v) is 3.33. The zero-order valence-corrected chi connectivity index (χ0v) is 12.0. The summed E-state index contributed by atoms with van der Waals surface area (Å²) in [5.74, 6) is -0.948. The molecule has 0 amide bonds. The van der Waals surface area contributed by atoms with Crippen molar-refractivity contribution in [1.29, 1.82) is 0 Å². The van der Waals surface area contributed by atoms with E-state index in [1.807, 2.05) is 0 Å². The Morgan fingerprint density at radius 1 is 0.952 bits per heavy atom. The number of hydrogen-bond donors (Lipinski definition) is 1. The lowest BCUT2D eigenvalue weighted by atomic mass is 9.96. The van der Waals surface area contributed by atoms with Crippen molar-refractivity contribution in [2.24, 2.45) is 0 Å². The van der Waals surface area contributed by atoms with Gasteiger partial charge in [-0.2, -0.15) is 0 Å². The number of ether oxygens (including phenoxy) is 2. The Morgan fingerprint density at radius 3 is 2.14 bits per heavy atom. The molecule has 0 aromatic heterocycles. The summed E-state index contributed by atoms with van der Waals surface area (Å²) in [6.45, 7) is 1.79. The molecule has 1 N–H and O–H groups in total. The normalized spacial score (nSPS) is 12.1. The van der Waals surface area contributed by atoms with Gasteiger partial charge in [0.2, 0.25) is 0 Å². The number of aliphatic hydroxyl groups excluding tert-OH is 1. The molecule has 0 bridgehead atoms. The van der Waals surface area contributed by atoms with Crippen molar-refractivity contribution in [3.8, 4) is 11.5 Å². The maximum absolute atomic E-state index is 13.3. The van der Waals surface area contributed by atoms with Crippen LogP contribution >= 0.6 is 0 Å². The second-order valence-corrected chi connectivity index (χ2v) is 4.64. The zero-order valence-electron chi connectivity index (χ0n) is 12.0. The van der Waals surface area contributed by atoms with E-state index in [-0.39, 0.29) is 5.56 Å². The largest absolute Gasteiger partial charge is 0.493 e. The van der Waals surface area contributed by atoms with E-state index in [4.69, 9.17) is 9.47 Å². The van der Waals surface area contributed by atoms with Gasteiger partial charge in [0.1, 0.15) is 6.10 Å². The van der Waals surface area contributed by atoms with Crippen molar-refractivity contribution in [3.05, 3.63) is 58.7 Å². The lowest BCUT2D eigenvalue weighted by molar-refractivity contribution is 0.218. The number of aryl methyl sites for hydroxylation is 1. The molecule has 1 atom stereocenters. The van der Waals surface area contributed by atoms with Crippen molar-refractivity contribution in [2.45, 2.75) is 13.0 Å². The van der Waals surface area contributed by atoms with Gasteiger partial charge in [0.15, 0.2) is 23.1 Å². The summed E-state index contributed by atoms with van der Waals surface area (Å²) in [7, 11) is 3.00. The quantitative estimate of drug-likeness (QED) is 0.939. The second kappa shape index (κ2) is 6.10. The van der Waals surface area contributed by atoms with Gasteiger partial charge < -0.3 is 14.6 Å². The Hall–Kier alpha value is -2.14. The lowest BCUT2D eigenvalue weighted by Crippen LogP contribution is -2.04. The van der Waals surface area contributed by atoms with E-state index in [0.29, 0.717) is 17.1 Å². The molecule has 0 radical (unpaired) electrons. The lowest BCUT2D eigenvalue weighted by Gasteiger charge is -2.17. The summed E-state index contributed by atoms with van der Waals surface area (Å²) in [5, 5.41) is 10.4. The Bertz CT molecular complexity index is 656. The van der Waals surface area contributed by atoms with Gasteiger partial charge in [-0.15, -0.1) is 0 Å². The van der Waals surface area contributed by atoms with Gasteiger partial charge in [0, 0.05) is 0 Å². The average Bonchev–Trinajstić information content (AvgIpc) is 2.49. The number of aliphatic hydroxyl groups is 1. The van der Waals surface area contributed by atoms with Crippen molar-refractivity contribution < 1.29 is 23.4 Å². The molecule has 0 saturated carbocycles. The number of methoxy groups -OCH3 is 2. The number of hydrogen-bond acceptors (Lipinski definition) is 3. The van der Waals surface area contributed by atoms with Gasteiger partial charge >= 0.3 is 0 Å². The molecule has 2 rings (SSSR count). The van der Waals surface area contributed by atoms with Gasteiger partial charge in [-0.25, -0.2) is 8.78 Å². The van der Waals surface area contributed by atoms with Gasteiger partial charge in [-0.3, -0.25) is 0 Å². The van der Waals surface area contributed by atoms with Crippen molar-refractivity contribution in [1.82, 2.24) is 0 Å². The average molecular weight is 294 g/mol. The van der Waals surface area contributed by atoms with Crippen LogP contribution in [-0.2, 0) is 0 Å². The van der Waals surface area contributed by atoms with Crippen molar-refractivity contribution in [3.63, 3.8) is 0 Å². The van der Waals surface area contributed by atoms with Gasteiger partial charge in [-0.05, 0) is 47.9 Å². The van der Waals surface area contributed by atoms with Gasteiger partial charge in [0.25, 0.3) is 0 Å². The van der Waals surface area contributed by atoms with Gasteiger partial charge in [-0.1, -0.05) is 6.07 Å². The highest BCUT2D eigenvalue weighted by Crippen LogP contribution is 2.35. The predicted molar refractivity (Wildman–Crippen MR) is 74.7 cm³/mol. The maximum Gasteiger partial charge on any atom is 0.161 e. The first-order chi connectivity index (χ1) is 9.97. The highest BCUT2D eigenvalue weighted by Gasteiger charge is 2.18. The van der Waals surface area contributed by atoms with E-state index < -0.39 is 17.7 Å². The molecule has 21 heavy (non-hydrogen) atoms. The van der Waals surface area contributed by atoms with Crippen molar-refractivity contribution >= 4 is 0 Å². The first-order valence-corrected chi connectivity index (χ1v) is 6.33. The van der Waals surface area contributed by atoms with E-state index in [1.165, 1.54) is 20.3 Å².